The van der Waals surface area contributed by atoms with E-state index in [0.29, 0.717) is 15.9 Å². The standard InChI is InChI=1S/C30H42O9P4/c1-7-34-41(31,35-8-2)28-19-13-25(14-20-28)40(26-15-21-29(22-16-26)42(32,36-9-3)37-10-4)27-17-23-30(24-18-27)43(33,38-11-5)39-12-6/h13-24H,7-12H2,1-6H3. The summed E-state index contributed by atoms with van der Waals surface area (Å²) >= 11 is 0. The first-order chi connectivity index (χ1) is 20.6. The van der Waals surface area contributed by atoms with Crippen LogP contribution in [-0.4, -0.2) is 39.6 Å². The van der Waals surface area contributed by atoms with Gasteiger partial charge in [-0.05, 0) is 102 Å². The molecule has 9 nitrogen and oxygen atoms in total. The maximum atomic E-state index is 13.4. The topological polar surface area (TPSA) is 107 Å². The van der Waals surface area contributed by atoms with E-state index in [4.69, 9.17) is 27.1 Å². The van der Waals surface area contributed by atoms with Gasteiger partial charge in [-0.1, -0.05) is 36.4 Å². The van der Waals surface area contributed by atoms with Gasteiger partial charge in [0.15, 0.2) is 0 Å². The molecule has 0 bridgehead atoms. The van der Waals surface area contributed by atoms with Crippen molar-refractivity contribution in [2.75, 3.05) is 39.6 Å². The molecule has 0 N–H and O–H groups in total. The highest BCUT2D eigenvalue weighted by molar-refractivity contribution is 7.79. The molecule has 3 aromatic carbocycles. The van der Waals surface area contributed by atoms with Gasteiger partial charge in [0.1, 0.15) is 0 Å². The minimum atomic E-state index is -3.45. The zero-order valence-electron chi connectivity index (χ0n) is 25.6. The van der Waals surface area contributed by atoms with E-state index >= 15 is 0 Å². The highest BCUT2D eigenvalue weighted by Crippen LogP contribution is 2.49. The van der Waals surface area contributed by atoms with Crippen LogP contribution in [0, 0.1) is 0 Å². The van der Waals surface area contributed by atoms with Gasteiger partial charge in [0.2, 0.25) is 0 Å². The van der Waals surface area contributed by atoms with Gasteiger partial charge in [-0.25, -0.2) is 0 Å². The van der Waals surface area contributed by atoms with Crippen LogP contribution in [0.4, 0.5) is 0 Å². The van der Waals surface area contributed by atoms with Crippen molar-refractivity contribution < 1.29 is 40.8 Å². The molecule has 0 atom stereocenters. The molecule has 0 saturated carbocycles. The van der Waals surface area contributed by atoms with E-state index in [-0.39, 0.29) is 39.6 Å². The first-order valence-electron chi connectivity index (χ1n) is 14.4. The van der Waals surface area contributed by atoms with Gasteiger partial charge >= 0.3 is 22.8 Å². The second-order valence-corrected chi connectivity index (χ2v) is 17.2. The number of hydrogen-bond acceptors (Lipinski definition) is 9. The van der Waals surface area contributed by atoms with Crippen LogP contribution < -0.4 is 31.8 Å². The van der Waals surface area contributed by atoms with Crippen molar-refractivity contribution in [1.82, 2.24) is 0 Å². The maximum Gasteiger partial charge on any atom is 0.361 e. The van der Waals surface area contributed by atoms with E-state index in [9.17, 15) is 13.7 Å². The van der Waals surface area contributed by atoms with Crippen molar-refractivity contribution in [3.05, 3.63) is 72.8 Å². The number of benzene rings is 3. The van der Waals surface area contributed by atoms with E-state index in [0.717, 1.165) is 15.9 Å². The molecule has 0 aromatic heterocycles. The van der Waals surface area contributed by atoms with Crippen LogP contribution in [-0.2, 0) is 40.8 Å². The Hall–Kier alpha value is -1.46. The fourth-order valence-corrected chi connectivity index (χ4v) is 11.3. The number of rotatable bonds is 18. The first kappa shape index (κ1) is 36.0. The Kier molecular flexibility index (Phi) is 14.0. The van der Waals surface area contributed by atoms with Crippen molar-refractivity contribution in [3.63, 3.8) is 0 Å². The summed E-state index contributed by atoms with van der Waals surface area (Å²) in [5, 5.41) is 4.33. The molecule has 0 radical (unpaired) electrons. The summed E-state index contributed by atoms with van der Waals surface area (Å²) < 4.78 is 73.3. The molecule has 0 heterocycles. The highest BCUT2D eigenvalue weighted by Gasteiger charge is 2.30. The minimum Gasteiger partial charge on any atom is -0.305 e. The van der Waals surface area contributed by atoms with Crippen LogP contribution in [0.3, 0.4) is 0 Å². The molecular formula is C30H42O9P4. The second kappa shape index (κ2) is 16.7. The zero-order chi connectivity index (χ0) is 31.5. The van der Waals surface area contributed by atoms with E-state index in [1.54, 1.807) is 77.9 Å². The van der Waals surface area contributed by atoms with Gasteiger partial charge < -0.3 is 27.1 Å². The Labute approximate surface area is 256 Å². The van der Waals surface area contributed by atoms with Crippen LogP contribution in [0.15, 0.2) is 72.8 Å². The third kappa shape index (κ3) is 8.84. The molecule has 0 spiro atoms. The van der Waals surface area contributed by atoms with Gasteiger partial charge in [0.05, 0.1) is 55.6 Å². The van der Waals surface area contributed by atoms with Crippen molar-refractivity contribution in [2.45, 2.75) is 41.5 Å². The summed E-state index contributed by atoms with van der Waals surface area (Å²) in [6.45, 7) is 12.2. The fourth-order valence-electron chi connectivity index (χ4n) is 4.38. The molecule has 0 aliphatic heterocycles. The minimum absolute atomic E-state index is 0.255. The van der Waals surface area contributed by atoms with Crippen LogP contribution in [0.25, 0.3) is 0 Å². The van der Waals surface area contributed by atoms with Gasteiger partial charge in [-0.15, -0.1) is 0 Å². The second-order valence-electron chi connectivity index (χ2n) is 8.88. The molecule has 3 rings (SSSR count). The molecule has 0 aliphatic rings. The lowest BCUT2D eigenvalue weighted by atomic mass is 10.3. The highest BCUT2D eigenvalue weighted by atomic mass is 31.2. The molecule has 0 saturated heterocycles. The lowest BCUT2D eigenvalue weighted by Crippen LogP contribution is -2.24. The molecule has 13 heteroatoms. The Morgan fingerprint density at radius 3 is 0.744 bits per heavy atom. The Balaban J connectivity index is 2.11. The average molecular weight is 671 g/mol. The molecule has 3 aromatic rings. The zero-order valence-corrected chi connectivity index (χ0v) is 29.2. The predicted molar refractivity (Wildman–Crippen MR) is 177 cm³/mol. The largest absolute Gasteiger partial charge is 0.361 e. The van der Waals surface area contributed by atoms with Gasteiger partial charge in [0, 0.05) is 0 Å². The molecular weight excluding hydrogens is 628 g/mol. The maximum absolute atomic E-state index is 13.4. The Morgan fingerprint density at radius 1 is 0.395 bits per heavy atom. The molecule has 0 unspecified atom stereocenters. The van der Waals surface area contributed by atoms with Gasteiger partial charge in [0.25, 0.3) is 0 Å². The molecule has 0 aliphatic carbocycles. The van der Waals surface area contributed by atoms with E-state index in [2.05, 4.69) is 0 Å². The quantitative estimate of drug-likeness (QED) is 0.148. The van der Waals surface area contributed by atoms with E-state index < -0.39 is 30.7 Å². The third-order valence-electron chi connectivity index (χ3n) is 6.07. The van der Waals surface area contributed by atoms with Crippen molar-refractivity contribution in [2.24, 2.45) is 0 Å². The molecule has 236 valence electrons. The van der Waals surface area contributed by atoms with E-state index in [1.165, 1.54) is 0 Å². The van der Waals surface area contributed by atoms with Crippen LogP contribution in [0.5, 0.6) is 0 Å². The summed E-state index contributed by atoms with van der Waals surface area (Å²) in [6.07, 6.45) is 0. The lowest BCUT2D eigenvalue weighted by Gasteiger charge is -2.23. The smallest absolute Gasteiger partial charge is 0.305 e. The molecule has 0 amide bonds. The molecule has 0 fully saturated rings. The lowest BCUT2D eigenvalue weighted by molar-refractivity contribution is 0.229. The first-order valence-corrected chi connectivity index (χ1v) is 20.4. The summed E-state index contributed by atoms with van der Waals surface area (Å²) in [5.74, 6) is 0. The van der Waals surface area contributed by atoms with Crippen LogP contribution >= 0.6 is 30.7 Å². The Morgan fingerprint density at radius 2 is 0.581 bits per heavy atom. The summed E-state index contributed by atoms with van der Waals surface area (Å²) in [6, 6.07) is 22.2. The Bertz CT molecular complexity index is 1220. The summed E-state index contributed by atoms with van der Waals surface area (Å²) in [5.41, 5.74) is 0. The fraction of sp³-hybridized carbons (Fsp3) is 0.400. The number of hydrogen-bond donors (Lipinski definition) is 0. The third-order valence-corrected chi connectivity index (χ3v) is 14.9. The summed E-state index contributed by atoms with van der Waals surface area (Å²) in [7, 11) is -11.5. The predicted octanol–water partition coefficient (Wildman–Crippen LogP) is 6.12. The van der Waals surface area contributed by atoms with Crippen LogP contribution in [0.1, 0.15) is 41.5 Å². The van der Waals surface area contributed by atoms with Gasteiger partial charge in [-0.3, -0.25) is 13.7 Å². The monoisotopic (exact) mass is 670 g/mol. The normalized spacial score (nSPS) is 12.6. The average Bonchev–Trinajstić information content (AvgIpc) is 2.99. The van der Waals surface area contributed by atoms with Crippen LogP contribution in [0.2, 0.25) is 0 Å². The van der Waals surface area contributed by atoms with E-state index in [1.807, 2.05) is 36.4 Å². The SMILES string of the molecule is CCOP(=O)(OCC)c1ccc(P(c2ccc(P(=O)(OCC)OCC)cc2)c2ccc(P(=O)(OCC)OCC)cc2)cc1. The van der Waals surface area contributed by atoms with Crippen molar-refractivity contribution in [3.8, 4) is 0 Å². The van der Waals surface area contributed by atoms with Gasteiger partial charge in [-0.2, -0.15) is 0 Å². The molecule has 43 heavy (non-hydrogen) atoms. The summed E-state index contributed by atoms with van der Waals surface area (Å²) in [4.78, 5) is 0. The van der Waals surface area contributed by atoms with Crippen molar-refractivity contribution in [1.29, 1.82) is 0 Å². The van der Waals surface area contributed by atoms with Crippen molar-refractivity contribution >= 4 is 62.5 Å².